The van der Waals surface area contributed by atoms with E-state index in [2.05, 4.69) is 67.3 Å². The molecule has 0 aromatic heterocycles. The summed E-state index contributed by atoms with van der Waals surface area (Å²) in [6.07, 6.45) is 2.22. The second-order valence-electron chi connectivity index (χ2n) is 7.94. The van der Waals surface area contributed by atoms with Crippen molar-refractivity contribution in [2.45, 2.75) is 32.7 Å². The smallest absolute Gasteiger partial charge is 0.193 e. The SMILES string of the molecule is CCNC(=NCC(c1ccc(CC)cc1)N(C)C)N1CCC(COCCOC)C1. The van der Waals surface area contributed by atoms with Gasteiger partial charge in [0.15, 0.2) is 5.96 Å². The maximum absolute atomic E-state index is 5.73. The molecule has 0 saturated carbocycles. The molecule has 0 amide bonds. The summed E-state index contributed by atoms with van der Waals surface area (Å²) < 4.78 is 10.8. The predicted octanol–water partition coefficient (Wildman–Crippen LogP) is 2.80. The quantitative estimate of drug-likeness (QED) is 0.349. The summed E-state index contributed by atoms with van der Waals surface area (Å²) >= 11 is 0. The monoisotopic (exact) mass is 404 g/mol. The molecule has 2 atom stereocenters. The zero-order valence-electron chi connectivity index (χ0n) is 19.0. The van der Waals surface area contributed by atoms with E-state index in [1.54, 1.807) is 7.11 Å². The van der Waals surface area contributed by atoms with Crippen LogP contribution in [-0.4, -0.2) is 83.0 Å². The highest BCUT2D eigenvalue weighted by atomic mass is 16.5. The molecule has 0 spiro atoms. The molecule has 2 rings (SSSR count). The van der Waals surface area contributed by atoms with Gasteiger partial charge in [-0.25, -0.2) is 0 Å². The van der Waals surface area contributed by atoms with Gasteiger partial charge in [-0.15, -0.1) is 0 Å². The molecule has 1 aliphatic heterocycles. The normalized spacial score (nSPS) is 18.5. The Balaban J connectivity index is 1.98. The number of likely N-dealkylation sites (tertiary alicyclic amines) is 1. The molecule has 6 nitrogen and oxygen atoms in total. The van der Waals surface area contributed by atoms with Gasteiger partial charge in [-0.05, 0) is 45.0 Å². The Morgan fingerprint density at radius 1 is 1.24 bits per heavy atom. The summed E-state index contributed by atoms with van der Waals surface area (Å²) in [6, 6.07) is 9.22. The van der Waals surface area contributed by atoms with Crippen LogP contribution in [0.4, 0.5) is 0 Å². The molecule has 0 radical (unpaired) electrons. The largest absolute Gasteiger partial charge is 0.382 e. The van der Waals surface area contributed by atoms with Crippen LogP contribution in [0.2, 0.25) is 0 Å². The summed E-state index contributed by atoms with van der Waals surface area (Å²) in [4.78, 5) is 9.64. The molecule has 0 bridgehead atoms. The number of nitrogens with zero attached hydrogens (tertiary/aromatic N) is 3. The minimum atomic E-state index is 0.269. The fraction of sp³-hybridized carbons (Fsp3) is 0.696. The van der Waals surface area contributed by atoms with E-state index in [0.29, 0.717) is 19.1 Å². The lowest BCUT2D eigenvalue weighted by Crippen LogP contribution is -2.41. The van der Waals surface area contributed by atoms with Crippen LogP contribution in [0.15, 0.2) is 29.3 Å². The first kappa shape index (κ1) is 23.6. The van der Waals surface area contributed by atoms with Crippen LogP contribution in [0.5, 0.6) is 0 Å². The van der Waals surface area contributed by atoms with E-state index in [1.165, 1.54) is 11.1 Å². The lowest BCUT2D eigenvalue weighted by atomic mass is 10.0. The van der Waals surface area contributed by atoms with Gasteiger partial charge >= 0.3 is 0 Å². The highest BCUT2D eigenvalue weighted by Crippen LogP contribution is 2.21. The Bertz CT molecular complexity index is 603. The second kappa shape index (κ2) is 12.8. The van der Waals surface area contributed by atoms with Crippen LogP contribution in [0.1, 0.15) is 37.4 Å². The van der Waals surface area contributed by atoms with Crippen molar-refractivity contribution in [2.75, 3.05) is 67.2 Å². The van der Waals surface area contributed by atoms with E-state index in [9.17, 15) is 0 Å². The van der Waals surface area contributed by atoms with Gasteiger partial charge in [0.1, 0.15) is 0 Å². The molecular weight excluding hydrogens is 364 g/mol. The first-order valence-corrected chi connectivity index (χ1v) is 10.9. The van der Waals surface area contributed by atoms with E-state index in [4.69, 9.17) is 14.5 Å². The van der Waals surface area contributed by atoms with Crippen molar-refractivity contribution in [1.29, 1.82) is 0 Å². The van der Waals surface area contributed by atoms with Crippen molar-refractivity contribution < 1.29 is 9.47 Å². The van der Waals surface area contributed by atoms with E-state index < -0.39 is 0 Å². The molecule has 6 heteroatoms. The van der Waals surface area contributed by atoms with E-state index in [0.717, 1.165) is 51.6 Å². The Labute approximate surface area is 177 Å². The highest BCUT2D eigenvalue weighted by molar-refractivity contribution is 5.80. The fourth-order valence-electron chi connectivity index (χ4n) is 3.69. The Morgan fingerprint density at radius 3 is 2.62 bits per heavy atom. The lowest BCUT2D eigenvalue weighted by Gasteiger charge is -2.26. The van der Waals surface area contributed by atoms with Crippen LogP contribution in [-0.2, 0) is 15.9 Å². The van der Waals surface area contributed by atoms with E-state index >= 15 is 0 Å². The number of methoxy groups -OCH3 is 1. The standard InChI is InChI=1S/C23H40N4O2/c1-6-19-8-10-21(11-9-19)22(26(3)4)16-25-23(24-7-2)27-13-12-20(17-27)18-29-15-14-28-5/h8-11,20,22H,6-7,12-18H2,1-5H3,(H,24,25). The average molecular weight is 405 g/mol. The van der Waals surface area contributed by atoms with Gasteiger partial charge in [0.25, 0.3) is 0 Å². The van der Waals surface area contributed by atoms with Crippen molar-refractivity contribution >= 4 is 5.96 Å². The van der Waals surface area contributed by atoms with Crippen molar-refractivity contribution in [3.05, 3.63) is 35.4 Å². The summed E-state index contributed by atoms with van der Waals surface area (Å²) in [7, 11) is 5.97. The van der Waals surface area contributed by atoms with Crippen LogP contribution in [0.25, 0.3) is 0 Å². The van der Waals surface area contributed by atoms with Crippen LogP contribution in [0, 0.1) is 5.92 Å². The number of nitrogens with one attached hydrogen (secondary N) is 1. The van der Waals surface area contributed by atoms with Gasteiger partial charge in [0, 0.05) is 32.7 Å². The minimum Gasteiger partial charge on any atom is -0.382 e. The minimum absolute atomic E-state index is 0.269. The van der Waals surface area contributed by atoms with Crippen LogP contribution in [0.3, 0.4) is 0 Å². The molecule has 1 aromatic rings. The molecule has 2 unspecified atom stereocenters. The predicted molar refractivity (Wildman–Crippen MR) is 121 cm³/mol. The number of guanidine groups is 1. The third kappa shape index (κ3) is 7.61. The van der Waals surface area contributed by atoms with Gasteiger partial charge in [-0.2, -0.15) is 0 Å². The summed E-state index contributed by atoms with van der Waals surface area (Å²) in [5.74, 6) is 1.57. The van der Waals surface area contributed by atoms with E-state index in [-0.39, 0.29) is 6.04 Å². The number of ether oxygens (including phenoxy) is 2. The first-order valence-electron chi connectivity index (χ1n) is 10.9. The lowest BCUT2D eigenvalue weighted by molar-refractivity contribution is 0.0536. The number of rotatable bonds is 11. The van der Waals surface area contributed by atoms with Gasteiger partial charge in [-0.3, -0.25) is 4.99 Å². The van der Waals surface area contributed by atoms with Crippen molar-refractivity contribution in [1.82, 2.24) is 15.1 Å². The maximum Gasteiger partial charge on any atom is 0.193 e. The zero-order valence-corrected chi connectivity index (χ0v) is 19.0. The molecule has 0 aliphatic carbocycles. The van der Waals surface area contributed by atoms with Crippen molar-refractivity contribution in [3.8, 4) is 0 Å². The molecule has 1 saturated heterocycles. The van der Waals surface area contributed by atoms with Gasteiger partial charge in [-0.1, -0.05) is 31.2 Å². The number of aliphatic imine (C=N–C) groups is 1. The number of hydrogen-bond donors (Lipinski definition) is 1. The van der Waals surface area contributed by atoms with Gasteiger partial charge in [0.2, 0.25) is 0 Å². The molecule has 1 N–H and O–H groups in total. The number of likely N-dealkylation sites (N-methyl/N-ethyl adjacent to an activating group) is 1. The topological polar surface area (TPSA) is 49.3 Å². The number of hydrogen-bond acceptors (Lipinski definition) is 4. The third-order valence-electron chi connectivity index (χ3n) is 5.52. The van der Waals surface area contributed by atoms with E-state index in [1.807, 2.05) is 0 Å². The van der Waals surface area contributed by atoms with Crippen molar-refractivity contribution in [2.24, 2.45) is 10.9 Å². The summed E-state index contributed by atoms with van der Waals surface area (Å²) in [5.41, 5.74) is 2.69. The van der Waals surface area contributed by atoms with Gasteiger partial charge < -0.3 is 24.6 Å². The Hall–Kier alpha value is -1.63. The maximum atomic E-state index is 5.73. The fourth-order valence-corrected chi connectivity index (χ4v) is 3.69. The molecule has 1 aromatic carbocycles. The molecular formula is C23H40N4O2. The molecule has 1 fully saturated rings. The second-order valence-corrected chi connectivity index (χ2v) is 7.94. The summed E-state index contributed by atoms with van der Waals surface area (Å²) in [6.45, 7) is 10.1. The molecule has 1 aliphatic rings. The average Bonchev–Trinajstić information content (AvgIpc) is 3.19. The number of aryl methyl sites for hydroxylation is 1. The van der Waals surface area contributed by atoms with Gasteiger partial charge in [0.05, 0.1) is 32.4 Å². The third-order valence-corrected chi connectivity index (χ3v) is 5.52. The number of benzene rings is 1. The molecule has 164 valence electrons. The summed E-state index contributed by atoms with van der Waals surface area (Å²) in [5, 5.41) is 3.48. The Morgan fingerprint density at radius 2 is 2.00 bits per heavy atom. The Kier molecular flexibility index (Phi) is 10.5. The van der Waals surface area contributed by atoms with Crippen LogP contribution >= 0.6 is 0 Å². The highest BCUT2D eigenvalue weighted by Gasteiger charge is 2.25. The molecule has 29 heavy (non-hydrogen) atoms. The zero-order chi connectivity index (χ0) is 21.1. The molecule has 1 heterocycles. The van der Waals surface area contributed by atoms with Crippen molar-refractivity contribution in [3.63, 3.8) is 0 Å². The first-order chi connectivity index (χ1) is 14.1. The van der Waals surface area contributed by atoms with Crippen LogP contribution < -0.4 is 5.32 Å².